The van der Waals surface area contributed by atoms with Crippen molar-refractivity contribution in [1.82, 2.24) is 9.71 Å². The highest BCUT2D eigenvalue weighted by Crippen LogP contribution is 2.08. The molecule has 1 aromatic carbocycles. The molecule has 0 saturated heterocycles. The maximum absolute atomic E-state index is 12.0. The zero-order valence-electron chi connectivity index (χ0n) is 11.2. The van der Waals surface area contributed by atoms with Crippen molar-refractivity contribution in [3.63, 3.8) is 0 Å². The Balaban J connectivity index is 1.89. The van der Waals surface area contributed by atoms with Crippen molar-refractivity contribution in [3.05, 3.63) is 52.0 Å². The van der Waals surface area contributed by atoms with Gasteiger partial charge in [0.05, 0.1) is 17.0 Å². The summed E-state index contributed by atoms with van der Waals surface area (Å²) in [6.45, 7) is 0.344. The topological polar surface area (TPSA) is 85.1 Å². The Hall–Kier alpha value is -1.35. The minimum Gasteiger partial charge on any atom is -0.389 e. The Bertz CT molecular complexity index is 695. The summed E-state index contributed by atoms with van der Waals surface area (Å²) in [5.74, 6) is -0.0678. The van der Waals surface area contributed by atoms with Crippen LogP contribution in [-0.4, -0.2) is 24.9 Å². The number of thiazole rings is 1. The Morgan fingerprint density at radius 2 is 2.05 bits per heavy atom. The number of hydrogen-bond donors (Lipinski definition) is 2. The summed E-state index contributed by atoms with van der Waals surface area (Å²) in [5.41, 5.74) is 9.54. The van der Waals surface area contributed by atoms with E-state index in [-0.39, 0.29) is 5.75 Å². The van der Waals surface area contributed by atoms with Crippen LogP contribution in [0, 0.1) is 0 Å². The monoisotopic (exact) mass is 341 g/mol. The van der Waals surface area contributed by atoms with Crippen molar-refractivity contribution < 1.29 is 8.42 Å². The van der Waals surface area contributed by atoms with Crippen molar-refractivity contribution in [3.8, 4) is 0 Å². The van der Waals surface area contributed by atoms with Gasteiger partial charge in [-0.2, -0.15) is 0 Å². The first-order valence-corrected chi connectivity index (χ1v) is 9.20. The summed E-state index contributed by atoms with van der Waals surface area (Å²) in [6.07, 6.45) is 0.586. The minimum absolute atomic E-state index is 0.0678. The van der Waals surface area contributed by atoms with E-state index < -0.39 is 10.0 Å². The third kappa shape index (κ3) is 5.16. The van der Waals surface area contributed by atoms with Gasteiger partial charge in [0.2, 0.25) is 10.0 Å². The van der Waals surface area contributed by atoms with Crippen LogP contribution in [0.5, 0.6) is 0 Å². The molecule has 0 saturated carbocycles. The predicted molar refractivity (Wildman–Crippen MR) is 88.8 cm³/mol. The van der Waals surface area contributed by atoms with Crippen LogP contribution in [0.3, 0.4) is 0 Å². The minimum atomic E-state index is -3.36. The number of hydrogen-bond acceptors (Lipinski definition) is 5. The van der Waals surface area contributed by atoms with Crippen LogP contribution in [0.1, 0.15) is 16.8 Å². The Morgan fingerprint density at radius 1 is 1.33 bits per heavy atom. The summed E-state index contributed by atoms with van der Waals surface area (Å²) >= 11 is 6.35. The maximum Gasteiger partial charge on any atom is 0.215 e. The van der Waals surface area contributed by atoms with Crippen LogP contribution in [0.25, 0.3) is 0 Å². The SMILES string of the molecule is NC(=S)c1ccc(CS(=O)(=O)NCCc2cscn2)cc1. The van der Waals surface area contributed by atoms with E-state index in [4.69, 9.17) is 18.0 Å². The number of thiocarbonyl (C=S) groups is 1. The molecule has 3 N–H and O–H groups in total. The molecule has 2 rings (SSSR count). The molecular weight excluding hydrogens is 326 g/mol. The average molecular weight is 341 g/mol. The summed E-state index contributed by atoms with van der Waals surface area (Å²) in [4.78, 5) is 4.40. The third-order valence-electron chi connectivity index (χ3n) is 2.78. The zero-order valence-corrected chi connectivity index (χ0v) is 13.6. The molecule has 112 valence electrons. The van der Waals surface area contributed by atoms with Gasteiger partial charge in [0.25, 0.3) is 0 Å². The second-order valence-electron chi connectivity index (χ2n) is 4.44. The fourth-order valence-electron chi connectivity index (χ4n) is 1.73. The summed E-state index contributed by atoms with van der Waals surface area (Å²) in [6, 6.07) is 6.88. The van der Waals surface area contributed by atoms with E-state index in [0.717, 1.165) is 11.3 Å². The standard InChI is InChI=1S/C13H15N3O2S3/c14-13(19)11-3-1-10(2-4-11)8-21(17,18)16-6-5-12-7-20-9-15-12/h1-4,7,9,16H,5-6,8H2,(H2,14,19). The number of sulfonamides is 1. The molecule has 0 spiro atoms. The van der Waals surface area contributed by atoms with Gasteiger partial charge in [0.1, 0.15) is 4.99 Å². The molecule has 2 aromatic rings. The molecule has 1 heterocycles. The largest absolute Gasteiger partial charge is 0.389 e. The maximum atomic E-state index is 12.0. The molecule has 0 radical (unpaired) electrons. The van der Waals surface area contributed by atoms with Crippen molar-refractivity contribution in [2.24, 2.45) is 5.73 Å². The lowest BCUT2D eigenvalue weighted by atomic mass is 10.1. The smallest absolute Gasteiger partial charge is 0.215 e. The second-order valence-corrected chi connectivity index (χ2v) is 7.41. The highest BCUT2D eigenvalue weighted by Gasteiger charge is 2.11. The van der Waals surface area contributed by atoms with Gasteiger partial charge in [-0.05, 0) is 5.56 Å². The first-order chi connectivity index (χ1) is 9.96. The lowest BCUT2D eigenvalue weighted by Gasteiger charge is -2.07. The molecule has 0 amide bonds. The number of benzene rings is 1. The summed E-state index contributed by atoms with van der Waals surface area (Å²) in [7, 11) is -3.36. The second kappa shape index (κ2) is 7.08. The summed E-state index contributed by atoms with van der Waals surface area (Å²) < 4.78 is 26.5. The normalized spacial score (nSPS) is 11.4. The quantitative estimate of drug-likeness (QED) is 0.744. The van der Waals surface area contributed by atoms with Gasteiger partial charge in [0.15, 0.2) is 0 Å². The molecule has 5 nitrogen and oxygen atoms in total. The molecule has 21 heavy (non-hydrogen) atoms. The Morgan fingerprint density at radius 3 is 2.62 bits per heavy atom. The van der Waals surface area contributed by atoms with Gasteiger partial charge in [0, 0.05) is 23.9 Å². The lowest BCUT2D eigenvalue weighted by Crippen LogP contribution is -2.27. The van der Waals surface area contributed by atoms with Crippen molar-refractivity contribution in [2.75, 3.05) is 6.54 Å². The Kier molecular flexibility index (Phi) is 5.40. The highest BCUT2D eigenvalue weighted by atomic mass is 32.2. The van der Waals surface area contributed by atoms with Crippen molar-refractivity contribution >= 4 is 38.6 Å². The van der Waals surface area contributed by atoms with E-state index in [2.05, 4.69) is 9.71 Å². The van der Waals surface area contributed by atoms with Gasteiger partial charge in [-0.1, -0.05) is 36.5 Å². The van der Waals surface area contributed by atoms with Crippen LogP contribution in [0.4, 0.5) is 0 Å². The van der Waals surface area contributed by atoms with Gasteiger partial charge in [-0.15, -0.1) is 11.3 Å². The van der Waals surface area contributed by atoms with E-state index >= 15 is 0 Å². The fraction of sp³-hybridized carbons (Fsp3) is 0.231. The van der Waals surface area contributed by atoms with Gasteiger partial charge in [-0.3, -0.25) is 0 Å². The van der Waals surface area contributed by atoms with Gasteiger partial charge in [-0.25, -0.2) is 18.1 Å². The lowest BCUT2D eigenvalue weighted by molar-refractivity contribution is 0.580. The number of nitrogens with zero attached hydrogens (tertiary/aromatic N) is 1. The highest BCUT2D eigenvalue weighted by molar-refractivity contribution is 7.88. The first-order valence-electron chi connectivity index (χ1n) is 6.19. The van der Waals surface area contributed by atoms with Crippen LogP contribution in [0.15, 0.2) is 35.2 Å². The fourth-order valence-corrected chi connectivity index (χ4v) is 3.61. The molecule has 0 aliphatic heterocycles. The first kappa shape index (κ1) is 16.0. The predicted octanol–water partition coefficient (Wildman–Crippen LogP) is 1.44. The van der Waals surface area contributed by atoms with Gasteiger partial charge < -0.3 is 5.73 Å². The number of nitrogens with one attached hydrogen (secondary N) is 1. The Labute approximate surface area is 133 Å². The van der Waals surface area contributed by atoms with Crippen LogP contribution in [-0.2, 0) is 22.2 Å². The number of nitrogens with two attached hydrogens (primary N) is 1. The van der Waals surface area contributed by atoms with E-state index in [1.54, 1.807) is 29.8 Å². The molecule has 0 bridgehead atoms. The average Bonchev–Trinajstić information content (AvgIpc) is 2.91. The molecule has 0 aliphatic carbocycles. The molecule has 8 heteroatoms. The third-order valence-corrected chi connectivity index (χ3v) is 5.01. The molecule has 0 unspecified atom stereocenters. The number of rotatable bonds is 7. The van der Waals surface area contributed by atoms with Crippen LogP contribution < -0.4 is 10.5 Å². The van der Waals surface area contributed by atoms with E-state index in [0.29, 0.717) is 23.5 Å². The van der Waals surface area contributed by atoms with E-state index in [1.165, 1.54) is 11.3 Å². The van der Waals surface area contributed by atoms with E-state index in [1.807, 2.05) is 5.38 Å². The van der Waals surface area contributed by atoms with Crippen LogP contribution in [0.2, 0.25) is 0 Å². The zero-order chi connectivity index (χ0) is 15.3. The molecular formula is C13H15N3O2S3. The van der Waals surface area contributed by atoms with Crippen molar-refractivity contribution in [1.29, 1.82) is 0 Å². The van der Waals surface area contributed by atoms with Crippen LogP contribution >= 0.6 is 23.6 Å². The van der Waals surface area contributed by atoms with E-state index in [9.17, 15) is 8.42 Å². The molecule has 0 atom stereocenters. The molecule has 1 aromatic heterocycles. The molecule has 0 aliphatic rings. The van der Waals surface area contributed by atoms with Gasteiger partial charge >= 0.3 is 0 Å². The van der Waals surface area contributed by atoms with Crippen molar-refractivity contribution in [2.45, 2.75) is 12.2 Å². The number of aromatic nitrogens is 1. The molecule has 0 fully saturated rings. The summed E-state index contributed by atoms with van der Waals surface area (Å²) in [5, 5.41) is 1.91.